The van der Waals surface area contributed by atoms with Gasteiger partial charge in [0.15, 0.2) is 5.11 Å². The van der Waals surface area contributed by atoms with E-state index in [1.807, 2.05) is 61.5 Å². The van der Waals surface area contributed by atoms with E-state index in [1.165, 1.54) is 0 Å². The summed E-state index contributed by atoms with van der Waals surface area (Å²) in [6.07, 6.45) is 0. The molecule has 1 unspecified atom stereocenters. The summed E-state index contributed by atoms with van der Waals surface area (Å²) in [5.41, 5.74) is 7.74. The Morgan fingerprint density at radius 2 is 1.80 bits per heavy atom. The lowest BCUT2D eigenvalue weighted by atomic mass is 10.1. The van der Waals surface area contributed by atoms with Gasteiger partial charge in [-0.1, -0.05) is 42.5 Å². The van der Waals surface area contributed by atoms with Gasteiger partial charge >= 0.3 is 0 Å². The monoisotopic (exact) mass is 286 g/mol. The highest BCUT2D eigenvalue weighted by Gasteiger charge is 2.05. The molecular formula is C16H18N2OS. The quantitative estimate of drug-likeness (QED) is 0.829. The number of hydrogen-bond acceptors (Lipinski definition) is 2. The Hall–Kier alpha value is -2.07. The van der Waals surface area contributed by atoms with E-state index >= 15 is 0 Å². The highest BCUT2D eigenvalue weighted by molar-refractivity contribution is 7.80. The lowest BCUT2D eigenvalue weighted by Crippen LogP contribution is -2.31. The Labute approximate surface area is 124 Å². The molecule has 0 bridgehead atoms. The average Bonchev–Trinajstić information content (AvgIpc) is 2.46. The van der Waals surface area contributed by atoms with Crippen LogP contribution >= 0.6 is 12.2 Å². The van der Waals surface area contributed by atoms with Crippen molar-refractivity contribution in [2.45, 2.75) is 19.6 Å². The maximum atomic E-state index is 5.74. The van der Waals surface area contributed by atoms with E-state index in [0.29, 0.717) is 11.7 Å². The van der Waals surface area contributed by atoms with Crippen molar-refractivity contribution in [2.24, 2.45) is 5.73 Å². The van der Waals surface area contributed by atoms with Gasteiger partial charge in [-0.2, -0.15) is 0 Å². The molecule has 2 rings (SSSR count). The number of nitrogens with one attached hydrogen (secondary N) is 1. The van der Waals surface area contributed by atoms with Crippen molar-refractivity contribution in [1.29, 1.82) is 0 Å². The van der Waals surface area contributed by atoms with Gasteiger partial charge in [0.05, 0.1) is 6.04 Å². The molecule has 0 radical (unpaired) electrons. The van der Waals surface area contributed by atoms with Gasteiger partial charge in [-0.05, 0) is 42.4 Å². The standard InChI is InChI=1S/C16H18N2OS/c1-12(18-16(17)20)14-7-9-15(10-8-14)19-11-13-5-3-2-4-6-13/h2-10,12H,11H2,1H3,(H3,17,18,20). The van der Waals surface area contributed by atoms with E-state index in [2.05, 4.69) is 5.32 Å². The minimum Gasteiger partial charge on any atom is -0.489 e. The van der Waals surface area contributed by atoms with Gasteiger partial charge < -0.3 is 15.8 Å². The third kappa shape index (κ3) is 4.24. The first kappa shape index (κ1) is 14.3. The van der Waals surface area contributed by atoms with Crippen molar-refractivity contribution in [2.75, 3.05) is 0 Å². The summed E-state index contributed by atoms with van der Waals surface area (Å²) < 4.78 is 5.74. The fourth-order valence-electron chi connectivity index (χ4n) is 1.89. The fraction of sp³-hybridized carbons (Fsp3) is 0.188. The lowest BCUT2D eigenvalue weighted by Gasteiger charge is -2.14. The molecule has 0 spiro atoms. The second kappa shape index (κ2) is 6.91. The maximum Gasteiger partial charge on any atom is 0.164 e. The number of hydrogen-bond donors (Lipinski definition) is 2. The largest absolute Gasteiger partial charge is 0.489 e. The van der Waals surface area contributed by atoms with Crippen molar-refractivity contribution in [3.05, 3.63) is 65.7 Å². The zero-order valence-electron chi connectivity index (χ0n) is 11.4. The van der Waals surface area contributed by atoms with Crippen LogP contribution in [-0.2, 0) is 6.61 Å². The van der Waals surface area contributed by atoms with Crippen LogP contribution in [0.5, 0.6) is 5.75 Å². The molecular weight excluding hydrogens is 268 g/mol. The summed E-state index contributed by atoms with van der Waals surface area (Å²) in [7, 11) is 0. The van der Waals surface area contributed by atoms with Crippen LogP contribution in [0.1, 0.15) is 24.1 Å². The second-order valence-electron chi connectivity index (χ2n) is 4.57. The molecule has 0 saturated heterocycles. The highest BCUT2D eigenvalue weighted by atomic mass is 32.1. The SMILES string of the molecule is CC(NC(N)=S)c1ccc(OCc2ccccc2)cc1. The van der Waals surface area contributed by atoms with Crippen molar-refractivity contribution >= 4 is 17.3 Å². The molecule has 104 valence electrons. The molecule has 0 aliphatic rings. The van der Waals surface area contributed by atoms with E-state index in [9.17, 15) is 0 Å². The van der Waals surface area contributed by atoms with Crippen molar-refractivity contribution in [3.63, 3.8) is 0 Å². The van der Waals surface area contributed by atoms with Crippen LogP contribution in [0.4, 0.5) is 0 Å². The Kier molecular flexibility index (Phi) is 4.96. The minimum absolute atomic E-state index is 0.0932. The van der Waals surface area contributed by atoms with Crippen LogP contribution < -0.4 is 15.8 Å². The smallest absolute Gasteiger partial charge is 0.164 e. The summed E-state index contributed by atoms with van der Waals surface area (Å²) in [6.45, 7) is 2.58. The molecule has 0 saturated carbocycles. The number of benzene rings is 2. The molecule has 1 atom stereocenters. The van der Waals surface area contributed by atoms with Crippen LogP contribution in [-0.4, -0.2) is 5.11 Å². The molecule has 2 aromatic rings. The zero-order chi connectivity index (χ0) is 14.4. The summed E-state index contributed by atoms with van der Waals surface area (Å²) in [6, 6.07) is 18.1. The molecule has 20 heavy (non-hydrogen) atoms. The first-order valence-electron chi connectivity index (χ1n) is 6.48. The van der Waals surface area contributed by atoms with Gasteiger partial charge in [0.25, 0.3) is 0 Å². The molecule has 4 heteroatoms. The van der Waals surface area contributed by atoms with E-state index in [4.69, 9.17) is 22.7 Å². The van der Waals surface area contributed by atoms with Crippen LogP contribution in [0, 0.1) is 0 Å². The molecule has 0 heterocycles. The van der Waals surface area contributed by atoms with Crippen LogP contribution in [0.3, 0.4) is 0 Å². The van der Waals surface area contributed by atoms with Crippen LogP contribution in [0.15, 0.2) is 54.6 Å². The summed E-state index contributed by atoms with van der Waals surface area (Å²) in [4.78, 5) is 0. The Morgan fingerprint density at radius 3 is 2.40 bits per heavy atom. The number of rotatable bonds is 5. The van der Waals surface area contributed by atoms with Crippen molar-refractivity contribution in [3.8, 4) is 5.75 Å². The predicted octanol–water partition coefficient (Wildman–Crippen LogP) is 3.16. The molecule has 0 fully saturated rings. The van der Waals surface area contributed by atoms with Gasteiger partial charge in [-0.25, -0.2) is 0 Å². The molecule has 0 aliphatic heterocycles. The normalized spacial score (nSPS) is 11.7. The number of nitrogens with two attached hydrogens (primary N) is 1. The molecule has 0 amide bonds. The maximum absolute atomic E-state index is 5.74. The van der Waals surface area contributed by atoms with Crippen molar-refractivity contribution in [1.82, 2.24) is 5.32 Å². The first-order valence-corrected chi connectivity index (χ1v) is 6.88. The van der Waals surface area contributed by atoms with Gasteiger partial charge in [0.1, 0.15) is 12.4 Å². The van der Waals surface area contributed by atoms with Gasteiger partial charge in [-0.15, -0.1) is 0 Å². The topological polar surface area (TPSA) is 47.3 Å². The van der Waals surface area contributed by atoms with E-state index in [-0.39, 0.29) is 6.04 Å². The number of ether oxygens (including phenoxy) is 1. The van der Waals surface area contributed by atoms with Gasteiger partial charge in [0.2, 0.25) is 0 Å². The van der Waals surface area contributed by atoms with Crippen LogP contribution in [0.2, 0.25) is 0 Å². The lowest BCUT2D eigenvalue weighted by molar-refractivity contribution is 0.306. The summed E-state index contributed by atoms with van der Waals surface area (Å²) in [5, 5.41) is 3.31. The first-order chi connectivity index (χ1) is 9.65. The Morgan fingerprint density at radius 1 is 1.15 bits per heavy atom. The zero-order valence-corrected chi connectivity index (χ0v) is 12.2. The van der Waals surface area contributed by atoms with E-state index in [0.717, 1.165) is 16.9 Å². The minimum atomic E-state index is 0.0932. The Balaban J connectivity index is 1.93. The molecule has 3 nitrogen and oxygen atoms in total. The molecule has 0 aliphatic carbocycles. The summed E-state index contributed by atoms with van der Waals surface area (Å²) in [5.74, 6) is 0.847. The third-order valence-electron chi connectivity index (χ3n) is 2.99. The highest BCUT2D eigenvalue weighted by Crippen LogP contribution is 2.18. The van der Waals surface area contributed by atoms with Crippen molar-refractivity contribution < 1.29 is 4.74 Å². The fourth-order valence-corrected chi connectivity index (χ4v) is 2.07. The summed E-state index contributed by atoms with van der Waals surface area (Å²) >= 11 is 4.84. The molecule has 0 aromatic heterocycles. The number of thiocarbonyl (C=S) groups is 1. The Bertz CT molecular complexity index is 554. The molecule has 3 N–H and O–H groups in total. The third-order valence-corrected chi connectivity index (χ3v) is 3.11. The van der Waals surface area contributed by atoms with E-state index < -0.39 is 0 Å². The van der Waals surface area contributed by atoms with Gasteiger partial charge in [-0.3, -0.25) is 0 Å². The second-order valence-corrected chi connectivity index (χ2v) is 5.01. The molecule has 2 aromatic carbocycles. The van der Waals surface area contributed by atoms with E-state index in [1.54, 1.807) is 0 Å². The predicted molar refractivity (Wildman–Crippen MR) is 85.6 cm³/mol. The average molecular weight is 286 g/mol. The van der Waals surface area contributed by atoms with Crippen LogP contribution in [0.25, 0.3) is 0 Å². The van der Waals surface area contributed by atoms with Gasteiger partial charge in [0, 0.05) is 0 Å².